The van der Waals surface area contributed by atoms with Crippen molar-refractivity contribution in [2.45, 2.75) is 46.5 Å². The Morgan fingerprint density at radius 2 is 1.94 bits per heavy atom. The number of piperidine rings is 1. The number of aryl methyl sites for hydroxylation is 1. The van der Waals surface area contributed by atoms with Gasteiger partial charge >= 0.3 is 0 Å². The first-order chi connectivity index (χ1) is 15.4. The molecule has 4 heterocycles. The summed E-state index contributed by atoms with van der Waals surface area (Å²) >= 11 is 0. The number of likely N-dealkylation sites (tertiary alicyclic amines) is 1. The Bertz CT molecular complexity index is 1260. The van der Waals surface area contributed by atoms with Crippen molar-refractivity contribution in [3.63, 3.8) is 0 Å². The van der Waals surface area contributed by atoms with E-state index in [4.69, 9.17) is 4.74 Å². The predicted octanol–water partition coefficient (Wildman–Crippen LogP) is 5.34. The van der Waals surface area contributed by atoms with E-state index in [1.54, 1.807) is 6.33 Å². The van der Waals surface area contributed by atoms with Crippen LogP contribution in [0.25, 0.3) is 27.8 Å². The summed E-state index contributed by atoms with van der Waals surface area (Å²) in [6, 6.07) is 6.48. The second kappa shape index (κ2) is 8.24. The zero-order chi connectivity index (χ0) is 22.4. The van der Waals surface area contributed by atoms with Crippen molar-refractivity contribution in [3.05, 3.63) is 47.4 Å². The number of fused-ring (bicyclic) bond motifs is 2. The Balaban J connectivity index is 1.52. The van der Waals surface area contributed by atoms with E-state index in [1.807, 2.05) is 4.40 Å². The highest BCUT2D eigenvalue weighted by molar-refractivity contribution is 5.93. The number of H-pyrrole nitrogens is 1. The van der Waals surface area contributed by atoms with E-state index >= 15 is 0 Å². The van der Waals surface area contributed by atoms with Crippen molar-refractivity contribution in [3.8, 4) is 17.0 Å². The van der Waals surface area contributed by atoms with Gasteiger partial charge in [-0.1, -0.05) is 13.8 Å². The molecule has 6 nitrogen and oxygen atoms in total. The number of ether oxygens (including phenoxy) is 1. The first-order valence-corrected chi connectivity index (χ1v) is 11.7. The summed E-state index contributed by atoms with van der Waals surface area (Å²) in [5.74, 6) is 1.99. The van der Waals surface area contributed by atoms with Crippen LogP contribution in [0.2, 0.25) is 0 Å². The molecule has 0 atom stereocenters. The molecular weight excluding hydrogens is 398 g/mol. The van der Waals surface area contributed by atoms with E-state index in [2.05, 4.69) is 79.2 Å². The number of nitrogens with zero attached hydrogens (tertiary/aromatic N) is 4. The fourth-order valence-corrected chi connectivity index (χ4v) is 5.00. The molecule has 1 aliphatic heterocycles. The highest BCUT2D eigenvalue weighted by atomic mass is 16.5. The maximum atomic E-state index is 6.28. The predicted molar refractivity (Wildman–Crippen MR) is 130 cm³/mol. The van der Waals surface area contributed by atoms with Gasteiger partial charge in [-0.15, -0.1) is 10.2 Å². The van der Waals surface area contributed by atoms with Gasteiger partial charge in [0.2, 0.25) is 0 Å². The highest BCUT2D eigenvalue weighted by Gasteiger charge is 2.21. The average Bonchev–Trinajstić information content (AvgIpc) is 3.40. The molecule has 3 aromatic heterocycles. The minimum absolute atomic E-state index is 0.374. The largest absolute Gasteiger partial charge is 0.493 e. The number of pyridine rings is 1. The maximum Gasteiger partial charge on any atom is 0.163 e. The summed E-state index contributed by atoms with van der Waals surface area (Å²) < 4.78 is 8.29. The summed E-state index contributed by atoms with van der Waals surface area (Å²) in [5, 5.41) is 9.62. The number of nitrogens with one attached hydrogen (secondary N) is 1. The molecule has 5 rings (SSSR count). The van der Waals surface area contributed by atoms with Gasteiger partial charge in [0.05, 0.1) is 12.3 Å². The van der Waals surface area contributed by atoms with Crippen LogP contribution in [0.5, 0.6) is 5.75 Å². The number of benzene rings is 1. The molecule has 0 radical (unpaired) electrons. The number of hydrogen-bond acceptors (Lipinski definition) is 4. The molecule has 0 unspecified atom stereocenters. The van der Waals surface area contributed by atoms with Crippen LogP contribution in [0.4, 0.5) is 0 Å². The first kappa shape index (κ1) is 21.0. The van der Waals surface area contributed by atoms with Crippen LogP contribution in [0.3, 0.4) is 0 Å². The molecule has 0 amide bonds. The van der Waals surface area contributed by atoms with E-state index in [-0.39, 0.29) is 0 Å². The standard InChI is InChI=1S/C26H33N5O/c1-16(2)24-21-12-20(32-14-19-8-10-30(5)11-9-19)6-7-23(21)28-25(24)22-13-31-15-27-29-26(31)18(4)17(22)3/h6-7,12-13,15-16,19,28H,8-11,14H2,1-5H3. The molecule has 0 spiro atoms. The third kappa shape index (κ3) is 3.66. The van der Waals surface area contributed by atoms with Crippen LogP contribution in [0.1, 0.15) is 49.3 Å². The van der Waals surface area contributed by atoms with Crippen LogP contribution in [0, 0.1) is 19.8 Å². The number of aromatic amines is 1. The van der Waals surface area contributed by atoms with Crippen molar-refractivity contribution in [2.75, 3.05) is 26.7 Å². The molecule has 0 aliphatic carbocycles. The summed E-state index contributed by atoms with van der Waals surface area (Å²) in [7, 11) is 2.20. The van der Waals surface area contributed by atoms with Crippen molar-refractivity contribution in [2.24, 2.45) is 5.92 Å². The van der Waals surface area contributed by atoms with Gasteiger partial charge in [0.1, 0.15) is 12.1 Å². The molecule has 0 bridgehead atoms. The quantitative estimate of drug-likeness (QED) is 0.463. The van der Waals surface area contributed by atoms with E-state index in [0.717, 1.165) is 29.1 Å². The number of rotatable bonds is 5. The smallest absolute Gasteiger partial charge is 0.163 e. The fourth-order valence-electron chi connectivity index (χ4n) is 5.00. The van der Waals surface area contributed by atoms with Crippen LogP contribution in [0.15, 0.2) is 30.7 Å². The molecule has 6 heteroatoms. The molecule has 1 aromatic carbocycles. The van der Waals surface area contributed by atoms with Crippen molar-refractivity contribution in [1.29, 1.82) is 0 Å². The lowest BCUT2D eigenvalue weighted by Crippen LogP contribution is -2.32. The molecule has 32 heavy (non-hydrogen) atoms. The minimum Gasteiger partial charge on any atom is -0.493 e. The lowest BCUT2D eigenvalue weighted by molar-refractivity contribution is 0.160. The molecule has 1 N–H and O–H groups in total. The van der Waals surface area contributed by atoms with Gasteiger partial charge in [-0.25, -0.2) is 0 Å². The van der Waals surface area contributed by atoms with Crippen molar-refractivity contribution in [1.82, 2.24) is 24.5 Å². The van der Waals surface area contributed by atoms with Crippen LogP contribution < -0.4 is 4.74 Å². The minimum atomic E-state index is 0.374. The number of hydrogen-bond donors (Lipinski definition) is 1. The number of aromatic nitrogens is 4. The molecule has 1 fully saturated rings. The summed E-state index contributed by atoms with van der Waals surface area (Å²) in [4.78, 5) is 6.11. The topological polar surface area (TPSA) is 58.5 Å². The lowest BCUT2D eigenvalue weighted by atomic mass is 9.94. The Labute approximate surface area is 189 Å². The summed E-state index contributed by atoms with van der Waals surface area (Å²) in [6.07, 6.45) is 6.35. The summed E-state index contributed by atoms with van der Waals surface area (Å²) in [6.45, 7) is 12.0. The van der Waals surface area contributed by atoms with Gasteiger partial charge in [0.15, 0.2) is 5.65 Å². The molecule has 4 aromatic rings. The van der Waals surface area contributed by atoms with Gasteiger partial charge in [-0.2, -0.15) is 0 Å². The third-order valence-electron chi connectivity index (χ3n) is 7.12. The van der Waals surface area contributed by atoms with Gasteiger partial charge in [0.25, 0.3) is 0 Å². The molecule has 168 valence electrons. The zero-order valence-electron chi connectivity index (χ0n) is 19.8. The first-order valence-electron chi connectivity index (χ1n) is 11.7. The highest BCUT2D eigenvalue weighted by Crippen LogP contribution is 2.39. The maximum absolute atomic E-state index is 6.28. The third-order valence-corrected chi connectivity index (χ3v) is 7.12. The summed E-state index contributed by atoms with van der Waals surface area (Å²) in [5.41, 5.74) is 8.17. The van der Waals surface area contributed by atoms with Gasteiger partial charge in [-0.3, -0.25) is 4.40 Å². The van der Waals surface area contributed by atoms with E-state index in [9.17, 15) is 0 Å². The van der Waals surface area contributed by atoms with Crippen LogP contribution in [-0.4, -0.2) is 51.2 Å². The fraction of sp³-hybridized carbons (Fsp3) is 0.462. The Kier molecular flexibility index (Phi) is 5.41. The van der Waals surface area contributed by atoms with Crippen molar-refractivity contribution < 1.29 is 4.74 Å². The van der Waals surface area contributed by atoms with Crippen LogP contribution >= 0.6 is 0 Å². The zero-order valence-corrected chi connectivity index (χ0v) is 19.8. The SMILES string of the molecule is Cc1c(-c2[nH]c3ccc(OCC4CCN(C)CC4)cc3c2C(C)C)cn2cnnc2c1C. The molecular formula is C26H33N5O. The second-order valence-corrected chi connectivity index (χ2v) is 9.69. The van der Waals surface area contributed by atoms with Crippen molar-refractivity contribution >= 4 is 16.6 Å². The average molecular weight is 432 g/mol. The van der Waals surface area contributed by atoms with Crippen LogP contribution in [-0.2, 0) is 0 Å². The van der Waals surface area contributed by atoms with E-state index in [0.29, 0.717) is 11.8 Å². The van der Waals surface area contributed by atoms with Gasteiger partial charge < -0.3 is 14.6 Å². The second-order valence-electron chi connectivity index (χ2n) is 9.69. The Hall–Kier alpha value is -2.86. The Morgan fingerprint density at radius 3 is 2.69 bits per heavy atom. The normalized spacial score (nSPS) is 15.9. The lowest BCUT2D eigenvalue weighted by Gasteiger charge is -2.28. The molecule has 0 saturated carbocycles. The Morgan fingerprint density at radius 1 is 1.16 bits per heavy atom. The monoisotopic (exact) mass is 431 g/mol. The van der Waals surface area contributed by atoms with Gasteiger partial charge in [-0.05, 0) is 93.6 Å². The molecule has 1 saturated heterocycles. The molecule has 1 aliphatic rings. The van der Waals surface area contributed by atoms with E-state index < -0.39 is 0 Å². The van der Waals surface area contributed by atoms with E-state index in [1.165, 1.54) is 53.7 Å². The van der Waals surface area contributed by atoms with Gasteiger partial charge in [0, 0.05) is 22.7 Å².